The molecule has 1 aromatic heterocycles. The molecule has 1 aliphatic carbocycles. The number of piperidine rings is 1. The second kappa shape index (κ2) is 10.8. The van der Waals surface area contributed by atoms with Gasteiger partial charge < -0.3 is 15.5 Å². The Labute approximate surface area is 204 Å². The van der Waals surface area contributed by atoms with Crippen molar-refractivity contribution in [2.45, 2.75) is 70.5 Å². The fourth-order valence-corrected chi connectivity index (χ4v) is 5.24. The van der Waals surface area contributed by atoms with Gasteiger partial charge in [0.1, 0.15) is 5.15 Å². The number of hydrogen-bond acceptors (Lipinski definition) is 3. The number of aryl methyl sites for hydroxylation is 1. The Bertz CT molecular complexity index is 995. The molecule has 4 rings (SSSR count). The van der Waals surface area contributed by atoms with Gasteiger partial charge in [-0.1, -0.05) is 60.7 Å². The summed E-state index contributed by atoms with van der Waals surface area (Å²) in [6.45, 7) is 3.33. The van der Waals surface area contributed by atoms with Gasteiger partial charge in [-0.15, -0.1) is 0 Å². The number of nitrogens with one attached hydrogen (secondary N) is 2. The summed E-state index contributed by atoms with van der Waals surface area (Å²) in [4.78, 5) is 27.4. The molecule has 1 aromatic carbocycles. The molecule has 33 heavy (non-hydrogen) atoms. The maximum absolute atomic E-state index is 13.2. The molecule has 2 fully saturated rings. The highest BCUT2D eigenvalue weighted by molar-refractivity contribution is 6.33. The molecule has 0 radical (unpaired) electrons. The molecule has 1 saturated carbocycles. The van der Waals surface area contributed by atoms with E-state index >= 15 is 0 Å². The number of benzene rings is 1. The number of carbonyl (C=O) groups is 2. The molecule has 2 aromatic rings. The van der Waals surface area contributed by atoms with E-state index in [9.17, 15) is 9.59 Å². The summed E-state index contributed by atoms with van der Waals surface area (Å²) in [5.74, 6) is -0.118. The first-order chi connectivity index (χ1) is 15.9. The Kier molecular flexibility index (Phi) is 7.81. The minimum Gasteiger partial charge on any atom is -0.338 e. The first-order valence-corrected chi connectivity index (χ1v) is 12.5. The van der Waals surface area contributed by atoms with E-state index in [0.717, 1.165) is 18.4 Å². The van der Waals surface area contributed by atoms with Crippen LogP contribution in [-0.4, -0.2) is 51.8 Å². The van der Waals surface area contributed by atoms with Crippen LogP contribution in [0.3, 0.4) is 0 Å². The third kappa shape index (κ3) is 5.82. The molecular formula is C24H31Cl2N5O2. The van der Waals surface area contributed by atoms with Crippen LogP contribution in [0.4, 0.5) is 4.79 Å². The van der Waals surface area contributed by atoms with Gasteiger partial charge in [0, 0.05) is 30.2 Å². The number of nitrogens with zero attached hydrogens (tertiary/aromatic N) is 3. The van der Waals surface area contributed by atoms with E-state index in [1.54, 1.807) is 16.5 Å². The van der Waals surface area contributed by atoms with Crippen LogP contribution in [0.15, 0.2) is 24.3 Å². The van der Waals surface area contributed by atoms with Crippen molar-refractivity contribution < 1.29 is 9.59 Å². The number of likely N-dealkylation sites (tertiary alicyclic amines) is 1. The summed E-state index contributed by atoms with van der Waals surface area (Å²) in [7, 11) is 0. The van der Waals surface area contributed by atoms with Crippen molar-refractivity contribution in [3.8, 4) is 0 Å². The minimum absolute atomic E-state index is 0.0668. The summed E-state index contributed by atoms with van der Waals surface area (Å²) in [6, 6.07) is 7.77. The smallest absolute Gasteiger partial charge is 0.315 e. The van der Waals surface area contributed by atoms with E-state index in [0.29, 0.717) is 53.9 Å². The molecule has 3 amide bonds. The van der Waals surface area contributed by atoms with E-state index in [2.05, 4.69) is 15.7 Å². The minimum atomic E-state index is -0.118. The number of hydrogen-bond donors (Lipinski definition) is 2. The fourth-order valence-electron chi connectivity index (χ4n) is 4.73. The number of halogens is 2. The van der Waals surface area contributed by atoms with Crippen LogP contribution >= 0.6 is 23.2 Å². The molecule has 0 spiro atoms. The second-order valence-electron chi connectivity index (χ2n) is 9.02. The number of aromatic nitrogens is 2. The van der Waals surface area contributed by atoms with Crippen molar-refractivity contribution in [1.29, 1.82) is 0 Å². The van der Waals surface area contributed by atoms with Crippen LogP contribution in [0.2, 0.25) is 10.2 Å². The van der Waals surface area contributed by atoms with Crippen molar-refractivity contribution >= 4 is 35.1 Å². The van der Waals surface area contributed by atoms with Crippen LogP contribution in [0.25, 0.3) is 0 Å². The molecule has 9 heteroatoms. The van der Waals surface area contributed by atoms with E-state index in [1.807, 2.05) is 24.3 Å². The highest BCUT2D eigenvalue weighted by Crippen LogP contribution is 2.26. The van der Waals surface area contributed by atoms with Crippen LogP contribution in [-0.2, 0) is 6.54 Å². The highest BCUT2D eigenvalue weighted by Gasteiger charge is 2.29. The average molecular weight is 492 g/mol. The largest absolute Gasteiger partial charge is 0.338 e. The molecule has 2 N–H and O–H groups in total. The van der Waals surface area contributed by atoms with Crippen molar-refractivity contribution in [1.82, 2.24) is 25.3 Å². The van der Waals surface area contributed by atoms with E-state index in [4.69, 9.17) is 23.2 Å². The predicted molar refractivity (Wildman–Crippen MR) is 130 cm³/mol. The lowest BCUT2D eigenvalue weighted by Crippen LogP contribution is -2.51. The van der Waals surface area contributed by atoms with Gasteiger partial charge in [0.05, 0.1) is 17.8 Å². The van der Waals surface area contributed by atoms with Crippen molar-refractivity contribution in [3.63, 3.8) is 0 Å². The van der Waals surface area contributed by atoms with Gasteiger partial charge in [0.25, 0.3) is 5.91 Å². The standard InChI is InChI=1S/C24H31Cl2N5O2/c1-16-21(22(26)31(29-16)15-17-7-5-6-10-20(17)25)23(32)30-13-11-19(12-14-30)28-24(33)27-18-8-3-2-4-9-18/h5-7,10,18-19H,2-4,8-9,11-15H2,1H3,(H2,27,28,33). The van der Waals surface area contributed by atoms with Gasteiger partial charge >= 0.3 is 6.03 Å². The second-order valence-corrected chi connectivity index (χ2v) is 9.78. The number of amides is 3. The molecule has 1 aliphatic heterocycles. The molecule has 0 bridgehead atoms. The third-order valence-corrected chi connectivity index (χ3v) is 7.37. The SMILES string of the molecule is Cc1nn(Cc2ccccc2Cl)c(Cl)c1C(=O)N1CCC(NC(=O)NC2CCCCC2)CC1. The monoisotopic (exact) mass is 491 g/mol. The Hall–Kier alpha value is -2.25. The lowest BCUT2D eigenvalue weighted by atomic mass is 9.96. The van der Waals surface area contributed by atoms with Crippen LogP contribution in [0, 0.1) is 6.92 Å². The van der Waals surface area contributed by atoms with Gasteiger partial charge in [-0.3, -0.25) is 4.79 Å². The maximum atomic E-state index is 13.2. The lowest BCUT2D eigenvalue weighted by molar-refractivity contribution is 0.0707. The summed E-state index contributed by atoms with van der Waals surface area (Å²) in [5, 5.41) is 11.6. The molecule has 2 aliphatic rings. The Balaban J connectivity index is 1.32. The first kappa shape index (κ1) is 23.9. The summed E-state index contributed by atoms with van der Waals surface area (Å²) < 4.78 is 1.62. The average Bonchev–Trinajstić information content (AvgIpc) is 3.08. The molecule has 0 atom stereocenters. The molecular weight excluding hydrogens is 461 g/mol. The third-order valence-electron chi connectivity index (χ3n) is 6.62. The van der Waals surface area contributed by atoms with Gasteiger partial charge in [-0.25, -0.2) is 9.48 Å². The number of carbonyl (C=O) groups excluding carboxylic acids is 2. The van der Waals surface area contributed by atoms with Crippen molar-refractivity contribution in [2.24, 2.45) is 0 Å². The zero-order chi connectivity index (χ0) is 23.4. The quantitative estimate of drug-likeness (QED) is 0.631. The van der Waals surface area contributed by atoms with Crippen molar-refractivity contribution in [3.05, 3.63) is 51.3 Å². The topological polar surface area (TPSA) is 79.3 Å². The van der Waals surface area contributed by atoms with Crippen LogP contribution in [0.5, 0.6) is 0 Å². The maximum Gasteiger partial charge on any atom is 0.315 e. The highest BCUT2D eigenvalue weighted by atomic mass is 35.5. The van der Waals surface area contributed by atoms with Gasteiger partial charge in [0.15, 0.2) is 0 Å². The van der Waals surface area contributed by atoms with Crippen molar-refractivity contribution in [2.75, 3.05) is 13.1 Å². The fraction of sp³-hybridized carbons (Fsp3) is 0.542. The normalized spacial score (nSPS) is 17.7. The molecule has 2 heterocycles. The van der Waals surface area contributed by atoms with E-state index < -0.39 is 0 Å². The molecule has 1 saturated heterocycles. The van der Waals surface area contributed by atoms with Crippen LogP contribution < -0.4 is 10.6 Å². The summed E-state index contributed by atoms with van der Waals surface area (Å²) in [6.07, 6.45) is 7.18. The Morgan fingerprint density at radius 3 is 2.30 bits per heavy atom. The molecule has 7 nitrogen and oxygen atoms in total. The summed E-state index contributed by atoms with van der Waals surface area (Å²) >= 11 is 12.8. The van der Waals surface area contributed by atoms with Gasteiger partial charge in [-0.2, -0.15) is 5.10 Å². The van der Waals surface area contributed by atoms with Crippen LogP contribution in [0.1, 0.15) is 66.6 Å². The lowest BCUT2D eigenvalue weighted by Gasteiger charge is -2.33. The Morgan fingerprint density at radius 2 is 1.64 bits per heavy atom. The summed E-state index contributed by atoms with van der Waals surface area (Å²) in [5.41, 5.74) is 1.93. The zero-order valence-corrected chi connectivity index (χ0v) is 20.5. The molecule has 178 valence electrons. The van der Waals surface area contributed by atoms with E-state index in [-0.39, 0.29) is 24.0 Å². The molecule has 0 unspecified atom stereocenters. The van der Waals surface area contributed by atoms with Gasteiger partial charge in [-0.05, 0) is 44.2 Å². The predicted octanol–water partition coefficient (Wildman–Crippen LogP) is 4.78. The Morgan fingerprint density at radius 1 is 1.00 bits per heavy atom. The van der Waals surface area contributed by atoms with E-state index in [1.165, 1.54) is 19.3 Å². The number of urea groups is 1. The van der Waals surface area contributed by atoms with Gasteiger partial charge in [0.2, 0.25) is 0 Å². The first-order valence-electron chi connectivity index (χ1n) is 11.7. The number of rotatable bonds is 5. The zero-order valence-electron chi connectivity index (χ0n) is 18.9.